The average molecular weight is 506 g/mol. The molecule has 3 aromatic rings. The summed E-state index contributed by atoms with van der Waals surface area (Å²) in [6.07, 6.45) is -5.47. The van der Waals surface area contributed by atoms with E-state index in [0.29, 0.717) is 22.3 Å². The minimum atomic E-state index is -4.50. The SMILES string of the molecule is CCN(Cc1c(CC(=O)O)ccc(Cl)c1-c1ccc(C(F)(F)F)cc1)C(=O)OCc1ccccc1. The van der Waals surface area contributed by atoms with Crippen molar-refractivity contribution in [2.45, 2.75) is 32.7 Å². The van der Waals surface area contributed by atoms with Crippen LogP contribution in [0.2, 0.25) is 5.02 Å². The second-order valence-corrected chi connectivity index (χ2v) is 8.17. The van der Waals surface area contributed by atoms with Crippen LogP contribution in [0.25, 0.3) is 11.1 Å². The van der Waals surface area contributed by atoms with Gasteiger partial charge in [0.1, 0.15) is 6.61 Å². The van der Waals surface area contributed by atoms with Gasteiger partial charge in [0.05, 0.1) is 12.0 Å². The molecule has 0 aliphatic rings. The lowest BCUT2D eigenvalue weighted by molar-refractivity contribution is -0.138. The molecule has 184 valence electrons. The Hall–Kier alpha value is -3.52. The fourth-order valence-corrected chi connectivity index (χ4v) is 3.90. The lowest BCUT2D eigenvalue weighted by Gasteiger charge is -2.24. The lowest BCUT2D eigenvalue weighted by atomic mass is 9.92. The number of hydrogen-bond acceptors (Lipinski definition) is 3. The molecule has 0 atom stereocenters. The Balaban J connectivity index is 1.97. The molecule has 1 N–H and O–H groups in total. The number of carboxylic acids is 1. The van der Waals surface area contributed by atoms with E-state index < -0.39 is 23.8 Å². The van der Waals surface area contributed by atoms with Crippen LogP contribution >= 0.6 is 11.6 Å². The van der Waals surface area contributed by atoms with Gasteiger partial charge in [-0.25, -0.2) is 4.79 Å². The van der Waals surface area contributed by atoms with Crippen molar-refractivity contribution in [3.05, 3.63) is 94.0 Å². The molecule has 0 saturated carbocycles. The van der Waals surface area contributed by atoms with Crippen LogP contribution in [0.5, 0.6) is 0 Å². The van der Waals surface area contributed by atoms with Gasteiger partial charge in [-0.2, -0.15) is 13.2 Å². The van der Waals surface area contributed by atoms with Crippen LogP contribution in [0, 0.1) is 0 Å². The molecule has 0 aliphatic carbocycles. The molecular formula is C26H23ClF3NO4. The van der Waals surface area contributed by atoms with Crippen molar-refractivity contribution in [2.75, 3.05) is 6.54 Å². The molecular weight excluding hydrogens is 483 g/mol. The summed E-state index contributed by atoms with van der Waals surface area (Å²) < 4.78 is 44.5. The number of halogens is 4. The van der Waals surface area contributed by atoms with Crippen molar-refractivity contribution in [2.24, 2.45) is 0 Å². The van der Waals surface area contributed by atoms with Gasteiger partial charge in [-0.05, 0) is 47.4 Å². The van der Waals surface area contributed by atoms with Crippen molar-refractivity contribution >= 4 is 23.7 Å². The molecule has 0 bridgehead atoms. The van der Waals surface area contributed by atoms with E-state index in [2.05, 4.69) is 0 Å². The number of carbonyl (C=O) groups is 2. The summed E-state index contributed by atoms with van der Waals surface area (Å²) in [6.45, 7) is 2.01. The van der Waals surface area contributed by atoms with E-state index in [9.17, 15) is 27.9 Å². The van der Waals surface area contributed by atoms with Crippen LogP contribution in [0.3, 0.4) is 0 Å². The highest BCUT2D eigenvalue weighted by Crippen LogP contribution is 2.37. The highest BCUT2D eigenvalue weighted by atomic mass is 35.5. The van der Waals surface area contributed by atoms with Crippen molar-refractivity contribution in [1.29, 1.82) is 0 Å². The summed E-state index contributed by atoms with van der Waals surface area (Å²) in [4.78, 5) is 25.7. The maximum atomic E-state index is 13.0. The van der Waals surface area contributed by atoms with Crippen molar-refractivity contribution in [1.82, 2.24) is 4.90 Å². The third kappa shape index (κ3) is 6.76. The Morgan fingerprint density at radius 2 is 1.66 bits per heavy atom. The Bertz CT molecular complexity index is 1180. The van der Waals surface area contributed by atoms with Gasteiger partial charge in [-0.3, -0.25) is 4.79 Å². The molecule has 35 heavy (non-hydrogen) atoms. The molecule has 0 fully saturated rings. The van der Waals surface area contributed by atoms with E-state index in [4.69, 9.17) is 16.3 Å². The zero-order chi connectivity index (χ0) is 25.6. The summed E-state index contributed by atoms with van der Waals surface area (Å²) in [6, 6.07) is 16.6. The number of rotatable bonds is 8. The number of carbonyl (C=O) groups excluding carboxylic acids is 1. The molecule has 0 heterocycles. The first-order valence-corrected chi connectivity index (χ1v) is 11.1. The highest BCUT2D eigenvalue weighted by Gasteiger charge is 2.30. The van der Waals surface area contributed by atoms with Crippen LogP contribution in [0.4, 0.5) is 18.0 Å². The van der Waals surface area contributed by atoms with Crippen molar-refractivity contribution in [3.8, 4) is 11.1 Å². The third-order valence-corrected chi connectivity index (χ3v) is 5.71. The van der Waals surface area contributed by atoms with E-state index in [0.717, 1.165) is 17.7 Å². The van der Waals surface area contributed by atoms with E-state index in [1.165, 1.54) is 23.1 Å². The molecule has 0 saturated heterocycles. The van der Waals surface area contributed by atoms with Crippen LogP contribution in [0.15, 0.2) is 66.7 Å². The standard InChI is InChI=1S/C26H23ClF3NO4/c1-2-31(25(34)35-16-17-6-4-3-5-7-17)15-21-19(14-23(32)33)10-13-22(27)24(21)18-8-11-20(12-9-18)26(28,29)30/h3-13H,2,14-16H2,1H3,(H,32,33). The van der Waals surface area contributed by atoms with Gasteiger partial charge in [-0.15, -0.1) is 0 Å². The van der Waals surface area contributed by atoms with Gasteiger partial charge >= 0.3 is 18.2 Å². The first-order chi connectivity index (χ1) is 16.6. The molecule has 0 aliphatic heterocycles. The topological polar surface area (TPSA) is 66.8 Å². The first-order valence-electron chi connectivity index (χ1n) is 10.8. The van der Waals surface area contributed by atoms with Crippen LogP contribution in [-0.4, -0.2) is 28.6 Å². The number of carboxylic acid groups (broad SMARTS) is 1. The molecule has 0 unspecified atom stereocenters. The number of hydrogen-bond donors (Lipinski definition) is 1. The second-order valence-electron chi connectivity index (χ2n) is 7.76. The van der Waals surface area contributed by atoms with E-state index in [1.54, 1.807) is 13.0 Å². The Kier molecular flexibility index (Phi) is 8.40. The van der Waals surface area contributed by atoms with Crippen LogP contribution < -0.4 is 0 Å². The predicted octanol–water partition coefficient (Wildman–Crippen LogP) is 6.81. The van der Waals surface area contributed by atoms with Crippen molar-refractivity contribution in [3.63, 3.8) is 0 Å². The monoisotopic (exact) mass is 505 g/mol. The minimum absolute atomic E-state index is 0.0380. The Labute approximate surface area is 205 Å². The maximum absolute atomic E-state index is 13.0. The van der Waals surface area contributed by atoms with Gasteiger partial charge < -0.3 is 14.7 Å². The molecule has 9 heteroatoms. The Morgan fingerprint density at radius 1 is 1.00 bits per heavy atom. The molecule has 1 amide bonds. The lowest BCUT2D eigenvalue weighted by Crippen LogP contribution is -2.31. The second kappa shape index (κ2) is 11.3. The number of alkyl halides is 3. The molecule has 0 radical (unpaired) electrons. The van der Waals surface area contributed by atoms with Gasteiger partial charge in [-0.1, -0.05) is 60.1 Å². The fourth-order valence-electron chi connectivity index (χ4n) is 3.62. The Morgan fingerprint density at radius 3 is 2.23 bits per heavy atom. The van der Waals surface area contributed by atoms with E-state index in [-0.39, 0.29) is 31.1 Å². The zero-order valence-electron chi connectivity index (χ0n) is 18.8. The molecule has 3 aromatic carbocycles. The van der Waals surface area contributed by atoms with E-state index >= 15 is 0 Å². The summed E-state index contributed by atoms with van der Waals surface area (Å²) in [7, 11) is 0. The molecule has 5 nitrogen and oxygen atoms in total. The maximum Gasteiger partial charge on any atom is 0.416 e. The number of ether oxygens (including phenoxy) is 1. The third-order valence-electron chi connectivity index (χ3n) is 5.40. The summed E-state index contributed by atoms with van der Waals surface area (Å²) in [5, 5.41) is 9.62. The number of amides is 1. The predicted molar refractivity (Wildman–Crippen MR) is 126 cm³/mol. The highest BCUT2D eigenvalue weighted by molar-refractivity contribution is 6.33. The smallest absolute Gasteiger partial charge is 0.416 e. The summed E-state index contributed by atoms with van der Waals surface area (Å²) in [5.41, 5.74) is 1.55. The molecule has 3 rings (SSSR count). The summed E-state index contributed by atoms with van der Waals surface area (Å²) in [5.74, 6) is -1.10. The number of benzene rings is 3. The number of nitrogens with zero attached hydrogens (tertiary/aromatic N) is 1. The van der Waals surface area contributed by atoms with Crippen molar-refractivity contribution < 1.29 is 32.6 Å². The summed E-state index contributed by atoms with van der Waals surface area (Å²) >= 11 is 6.45. The first kappa shape index (κ1) is 26.1. The fraction of sp³-hybridized carbons (Fsp3) is 0.231. The van der Waals surface area contributed by atoms with E-state index in [1.807, 2.05) is 30.3 Å². The average Bonchev–Trinajstić information content (AvgIpc) is 2.82. The van der Waals surface area contributed by atoms with Gasteiger partial charge in [0.25, 0.3) is 0 Å². The van der Waals surface area contributed by atoms with Gasteiger partial charge in [0, 0.05) is 23.7 Å². The normalized spacial score (nSPS) is 11.2. The largest absolute Gasteiger partial charge is 0.481 e. The van der Waals surface area contributed by atoms with Gasteiger partial charge in [0.2, 0.25) is 0 Å². The van der Waals surface area contributed by atoms with Gasteiger partial charge in [0.15, 0.2) is 0 Å². The molecule has 0 spiro atoms. The zero-order valence-corrected chi connectivity index (χ0v) is 19.6. The molecule has 0 aromatic heterocycles. The minimum Gasteiger partial charge on any atom is -0.481 e. The number of aliphatic carboxylic acids is 1. The van der Waals surface area contributed by atoms with Crippen LogP contribution in [-0.2, 0) is 35.3 Å². The quantitative estimate of drug-likeness (QED) is 0.365. The van der Waals surface area contributed by atoms with Crippen LogP contribution in [0.1, 0.15) is 29.2 Å².